The number of fused-ring (bicyclic) bond motifs is 9. The van der Waals surface area contributed by atoms with Crippen LogP contribution >= 0.6 is 11.8 Å². The molecular weight excluding hydrogens is 903 g/mol. The number of methoxy groups -OCH3 is 2. The SMILES string of the molecule is COc1cc2c(cc1OC(=O)OC(C)(C)C)CCN[C@]21CS[C@@H]2c3c(OC(C)=O)c(C)c4c(c3[C@@H](COC1=O)N1C2[C@@H]2c3c(cc(C)c(OC)c3OC(=O)OC(C)(C)C)C[C@H]([C@@H]1O)N2C)OCO4. The van der Waals surface area contributed by atoms with Gasteiger partial charge in [-0.3, -0.25) is 19.9 Å². The van der Waals surface area contributed by atoms with Crippen molar-refractivity contribution in [2.75, 3.05) is 47.0 Å². The van der Waals surface area contributed by atoms with E-state index in [2.05, 4.69) is 10.2 Å². The highest BCUT2D eigenvalue weighted by Crippen LogP contribution is 2.64. The Morgan fingerprint density at radius 2 is 1.53 bits per heavy atom. The van der Waals surface area contributed by atoms with Crippen LogP contribution in [-0.4, -0.2) is 116 Å². The van der Waals surface area contributed by atoms with Crippen LogP contribution < -0.4 is 38.5 Å². The zero-order chi connectivity index (χ0) is 48.9. The normalized spacial score (nSPS) is 26.0. The van der Waals surface area contributed by atoms with E-state index in [1.807, 2.05) is 24.9 Å². The van der Waals surface area contributed by atoms with E-state index < -0.39 is 76.6 Å². The van der Waals surface area contributed by atoms with Crippen molar-refractivity contribution < 1.29 is 71.7 Å². The number of aryl methyl sites for hydroxylation is 1. The molecule has 7 heterocycles. The second-order valence-electron chi connectivity index (χ2n) is 20.0. The quantitative estimate of drug-likeness (QED) is 0.119. The van der Waals surface area contributed by atoms with Crippen LogP contribution in [0.1, 0.15) is 110 Å². The lowest BCUT2D eigenvalue weighted by molar-refractivity contribution is -0.186. The number of aliphatic hydroxyl groups is 1. The van der Waals surface area contributed by atoms with Gasteiger partial charge in [0.05, 0.1) is 37.6 Å². The molecule has 19 heteroatoms. The van der Waals surface area contributed by atoms with E-state index >= 15 is 4.79 Å². The molecule has 2 saturated heterocycles. The van der Waals surface area contributed by atoms with Gasteiger partial charge in [-0.15, -0.1) is 11.8 Å². The molecule has 0 saturated carbocycles. The smallest absolute Gasteiger partial charge is 0.493 e. The second-order valence-corrected chi connectivity index (χ2v) is 21.2. The first kappa shape index (κ1) is 47.6. The molecular formula is C49H59N3O15S. The summed E-state index contributed by atoms with van der Waals surface area (Å²) in [5, 5.41) is 15.7. The first-order valence-electron chi connectivity index (χ1n) is 22.7. The number of piperazine rings is 1. The molecule has 366 valence electrons. The fourth-order valence-corrected chi connectivity index (χ4v) is 12.5. The van der Waals surface area contributed by atoms with Crippen molar-refractivity contribution in [1.82, 2.24) is 15.1 Å². The number of esters is 2. The number of nitrogens with one attached hydrogen (secondary N) is 1. The first-order chi connectivity index (χ1) is 32.1. The number of carbonyl (C=O) groups excluding carboxylic acids is 4. The average molecular weight is 962 g/mol. The highest BCUT2D eigenvalue weighted by atomic mass is 32.2. The number of nitrogens with zero attached hydrogens (tertiary/aromatic N) is 2. The number of thioether (sulfide) groups is 1. The third-order valence-electron chi connectivity index (χ3n) is 13.4. The minimum Gasteiger partial charge on any atom is -0.493 e. The van der Waals surface area contributed by atoms with E-state index in [1.165, 1.54) is 32.9 Å². The largest absolute Gasteiger partial charge is 0.514 e. The molecule has 3 aromatic rings. The zero-order valence-corrected chi connectivity index (χ0v) is 41.2. The van der Waals surface area contributed by atoms with Crippen LogP contribution in [0.3, 0.4) is 0 Å². The van der Waals surface area contributed by atoms with Crippen molar-refractivity contribution in [3.05, 3.63) is 62.7 Å². The Morgan fingerprint density at radius 1 is 0.838 bits per heavy atom. The summed E-state index contributed by atoms with van der Waals surface area (Å²) in [5.74, 6) is 0.795. The number of hydrogen-bond acceptors (Lipinski definition) is 19. The molecule has 0 radical (unpaired) electrons. The highest BCUT2D eigenvalue weighted by Gasteiger charge is 2.62. The molecule has 0 aliphatic carbocycles. The molecule has 4 bridgehead atoms. The molecule has 10 rings (SSSR count). The van der Waals surface area contributed by atoms with E-state index in [4.69, 9.17) is 47.4 Å². The lowest BCUT2D eigenvalue weighted by atomic mass is 9.73. The van der Waals surface area contributed by atoms with Crippen LogP contribution in [0.4, 0.5) is 9.59 Å². The third kappa shape index (κ3) is 7.92. The van der Waals surface area contributed by atoms with E-state index in [-0.39, 0.29) is 42.2 Å². The molecule has 0 amide bonds. The van der Waals surface area contributed by atoms with Crippen molar-refractivity contribution in [2.24, 2.45) is 0 Å². The number of hydrogen-bond donors (Lipinski definition) is 2. The maximum atomic E-state index is 15.1. The molecule has 18 nitrogen and oxygen atoms in total. The summed E-state index contributed by atoms with van der Waals surface area (Å²) in [6.07, 6.45) is -2.15. The molecule has 2 fully saturated rings. The highest BCUT2D eigenvalue weighted by molar-refractivity contribution is 7.99. The summed E-state index contributed by atoms with van der Waals surface area (Å²) in [6, 6.07) is 2.67. The number of benzene rings is 3. The van der Waals surface area contributed by atoms with Crippen molar-refractivity contribution in [1.29, 1.82) is 0 Å². The number of rotatable bonds is 5. The zero-order valence-electron chi connectivity index (χ0n) is 40.4. The second kappa shape index (κ2) is 17.2. The van der Waals surface area contributed by atoms with Gasteiger partial charge in [-0.1, -0.05) is 6.07 Å². The first-order valence-corrected chi connectivity index (χ1v) is 23.7. The summed E-state index contributed by atoms with van der Waals surface area (Å²) in [6.45, 7) is 15.4. The monoisotopic (exact) mass is 961 g/mol. The Kier molecular flexibility index (Phi) is 12.0. The van der Waals surface area contributed by atoms with Gasteiger partial charge in [-0.05, 0) is 110 Å². The van der Waals surface area contributed by atoms with Crippen LogP contribution in [-0.2, 0) is 42.2 Å². The average Bonchev–Trinajstić information content (AvgIpc) is 3.74. The Bertz CT molecular complexity index is 2610. The summed E-state index contributed by atoms with van der Waals surface area (Å²) in [7, 11) is 4.89. The summed E-state index contributed by atoms with van der Waals surface area (Å²) in [5.41, 5.74) is 2.02. The van der Waals surface area contributed by atoms with Crippen molar-refractivity contribution in [3.63, 3.8) is 0 Å². The van der Waals surface area contributed by atoms with E-state index in [0.29, 0.717) is 70.0 Å². The van der Waals surface area contributed by atoms with Gasteiger partial charge in [-0.25, -0.2) is 14.4 Å². The molecule has 1 unspecified atom stereocenters. The molecule has 2 N–H and O–H groups in total. The van der Waals surface area contributed by atoms with Crippen molar-refractivity contribution >= 4 is 36.0 Å². The summed E-state index contributed by atoms with van der Waals surface area (Å²) in [4.78, 5) is 59.0. The lowest BCUT2D eigenvalue weighted by Crippen LogP contribution is -2.70. The molecule has 1 spiro atoms. The van der Waals surface area contributed by atoms with Crippen LogP contribution in [0.5, 0.6) is 40.2 Å². The molecule has 7 aliphatic heterocycles. The molecule has 7 aliphatic rings. The Hall–Kier alpha value is -5.47. The van der Waals surface area contributed by atoms with Crippen LogP contribution in [0.2, 0.25) is 0 Å². The lowest BCUT2D eigenvalue weighted by Gasteiger charge is -2.62. The molecule has 7 atom stereocenters. The number of aliphatic hydroxyl groups excluding tert-OH is 1. The molecule has 68 heavy (non-hydrogen) atoms. The van der Waals surface area contributed by atoms with Gasteiger partial charge in [0.15, 0.2) is 40.0 Å². The topological polar surface area (TPSA) is 199 Å². The minimum atomic E-state index is -1.50. The molecule has 0 aromatic heterocycles. The Morgan fingerprint density at radius 3 is 2.19 bits per heavy atom. The minimum absolute atomic E-state index is 0.0433. The van der Waals surface area contributed by atoms with E-state index in [9.17, 15) is 19.5 Å². The fourth-order valence-electron chi connectivity index (χ4n) is 10.9. The van der Waals surface area contributed by atoms with Gasteiger partial charge in [0.2, 0.25) is 6.79 Å². The van der Waals surface area contributed by atoms with E-state index in [1.54, 1.807) is 60.6 Å². The fraction of sp³-hybridized carbons (Fsp3) is 0.551. The number of likely N-dealkylation sites (N-methyl/N-ethyl adjacent to an activating group) is 1. The Labute approximate surface area is 399 Å². The maximum Gasteiger partial charge on any atom is 0.514 e. The van der Waals surface area contributed by atoms with Crippen LogP contribution in [0.15, 0.2) is 18.2 Å². The summed E-state index contributed by atoms with van der Waals surface area (Å²) < 4.78 is 60.0. The number of ether oxygens (including phenoxy) is 10. The van der Waals surface area contributed by atoms with E-state index in [0.717, 1.165) is 11.1 Å². The maximum absolute atomic E-state index is 15.1. The van der Waals surface area contributed by atoms with Crippen molar-refractivity contribution in [2.45, 2.75) is 128 Å². The van der Waals surface area contributed by atoms with Gasteiger partial charge in [0.1, 0.15) is 29.8 Å². The van der Waals surface area contributed by atoms with Crippen LogP contribution in [0, 0.1) is 13.8 Å². The van der Waals surface area contributed by atoms with Gasteiger partial charge < -0.3 is 52.5 Å². The van der Waals surface area contributed by atoms with Crippen LogP contribution in [0.25, 0.3) is 0 Å². The molecule has 3 aromatic carbocycles. The predicted molar refractivity (Wildman–Crippen MR) is 245 cm³/mol. The third-order valence-corrected chi connectivity index (χ3v) is 14.9. The van der Waals surface area contributed by atoms with Gasteiger partial charge in [-0.2, -0.15) is 0 Å². The van der Waals surface area contributed by atoms with Gasteiger partial charge >= 0.3 is 24.2 Å². The van der Waals surface area contributed by atoms with Gasteiger partial charge in [0.25, 0.3) is 0 Å². The van der Waals surface area contributed by atoms with Gasteiger partial charge in [0, 0.05) is 47.5 Å². The standard InChI is InChI=1S/C49H59N3O15S/c1-22-15-26-16-28-43(54)52-29-19-60-44(55)49(27-18-30(58-11)31(17-25(27)13-14-50-49)64-45(56)66-47(4,5)6)20-68-42(34-33(29)40-39(61-21-62-40)23(2)38(34)63-24(3)53)36(52)35(51(28)10)32(26)41(37(22)59-12)65-46(57)67-48(7,8)9/h15,17-18,28-29,35-36,42-43,50,54H,13-14,16,19-21H2,1-12H3/t28-,29-,35+,36?,42-,43+,49-/m1/s1. The number of carbonyl (C=O) groups is 4. The Balaban J connectivity index is 1.26. The van der Waals surface area contributed by atoms with Crippen molar-refractivity contribution in [3.8, 4) is 40.2 Å². The summed E-state index contributed by atoms with van der Waals surface area (Å²) >= 11 is 1.41. The predicted octanol–water partition coefficient (Wildman–Crippen LogP) is 6.63.